The summed E-state index contributed by atoms with van der Waals surface area (Å²) in [6.45, 7) is 7.45. The molecule has 2 aromatic heterocycles. The highest BCUT2D eigenvalue weighted by Crippen LogP contribution is 2.18. The first-order chi connectivity index (χ1) is 13.8. The first-order valence-electron chi connectivity index (χ1n) is 8.63. The Kier molecular flexibility index (Phi) is 7.98. The number of carbonyl (C=O) groups is 2. The maximum atomic E-state index is 12.5. The molecule has 0 atom stereocenters. The third kappa shape index (κ3) is 5.91. The van der Waals surface area contributed by atoms with E-state index in [1.165, 1.54) is 23.5 Å². The van der Waals surface area contributed by atoms with E-state index >= 15 is 0 Å². The average Bonchev–Trinajstić information content (AvgIpc) is 3.26. The molecule has 0 radical (unpaired) electrons. The van der Waals surface area contributed by atoms with E-state index in [2.05, 4.69) is 32.8 Å². The number of nitrogens with zero attached hydrogens (tertiary/aromatic N) is 1. The van der Waals surface area contributed by atoms with Crippen LogP contribution in [-0.4, -0.2) is 29.1 Å². The van der Waals surface area contributed by atoms with Gasteiger partial charge in [-0.05, 0) is 24.3 Å². The van der Waals surface area contributed by atoms with Crippen LogP contribution in [0.5, 0.6) is 0 Å². The number of hydrogen-bond acceptors (Lipinski definition) is 7. The monoisotopic (exact) mass is 479 g/mol. The van der Waals surface area contributed by atoms with Gasteiger partial charge in [0.25, 0.3) is 0 Å². The van der Waals surface area contributed by atoms with Gasteiger partial charge in [0.15, 0.2) is 10.9 Å². The molecule has 154 valence electrons. The topological polar surface area (TPSA) is 107 Å². The summed E-state index contributed by atoms with van der Waals surface area (Å²) in [6, 6.07) is 0. The van der Waals surface area contributed by atoms with E-state index in [0.717, 1.165) is 0 Å². The molecular weight excluding hydrogens is 458 g/mol. The van der Waals surface area contributed by atoms with Crippen molar-refractivity contribution >= 4 is 68.5 Å². The molecule has 0 aromatic carbocycles. The fourth-order valence-corrected chi connectivity index (χ4v) is 3.15. The van der Waals surface area contributed by atoms with Gasteiger partial charge in [0, 0.05) is 16.5 Å². The molecule has 2 rings (SSSR count). The quantitative estimate of drug-likeness (QED) is 0.261. The standard InChI is InChI=1S/C20H22BrN3O4S/c1-11(2)19(26)24-20-23-13(10-29-20)5-7-15(25)18-17(22)12(3)16(28-18)8-6-14(9-21)27-4/h5-8,10-11H,3,9,22H2,1-2,4H3,(H,23,24,26)/b7-5+,14-6+,16-8+. The molecule has 1 amide bonds. The Morgan fingerprint density at radius 2 is 2.21 bits per heavy atom. The molecule has 3 N–H and O–H groups in total. The molecule has 0 spiro atoms. The number of rotatable bonds is 8. The number of nitrogen functional groups attached to an aromatic ring is 1. The summed E-state index contributed by atoms with van der Waals surface area (Å²) in [4.78, 5) is 28.4. The highest BCUT2D eigenvalue weighted by atomic mass is 79.9. The fourth-order valence-electron chi connectivity index (χ4n) is 2.06. The molecule has 9 heteroatoms. The molecular formula is C20H22BrN3O4S. The van der Waals surface area contributed by atoms with Crippen molar-refractivity contribution in [3.05, 3.63) is 45.4 Å². The van der Waals surface area contributed by atoms with Crippen LogP contribution in [0, 0.1) is 5.92 Å². The number of carbonyl (C=O) groups excluding carboxylic acids is 2. The second-order valence-electron chi connectivity index (χ2n) is 6.24. The molecule has 0 fully saturated rings. The molecule has 0 unspecified atom stereocenters. The van der Waals surface area contributed by atoms with Crippen molar-refractivity contribution in [3.8, 4) is 0 Å². The Morgan fingerprint density at radius 1 is 1.48 bits per heavy atom. The Balaban J connectivity index is 2.19. The van der Waals surface area contributed by atoms with Crippen molar-refractivity contribution in [2.75, 3.05) is 23.5 Å². The Bertz CT molecular complexity index is 1060. The van der Waals surface area contributed by atoms with Crippen LogP contribution in [0.15, 0.2) is 27.7 Å². The van der Waals surface area contributed by atoms with Crippen molar-refractivity contribution in [1.29, 1.82) is 0 Å². The predicted molar refractivity (Wildman–Crippen MR) is 120 cm³/mol. The predicted octanol–water partition coefficient (Wildman–Crippen LogP) is 2.92. The number of alkyl halides is 1. The number of furan rings is 1. The minimum atomic E-state index is -0.413. The molecule has 0 saturated heterocycles. The van der Waals surface area contributed by atoms with Gasteiger partial charge in [-0.2, -0.15) is 0 Å². The molecule has 29 heavy (non-hydrogen) atoms. The van der Waals surface area contributed by atoms with Gasteiger partial charge < -0.3 is 20.2 Å². The van der Waals surface area contributed by atoms with Gasteiger partial charge in [0.05, 0.1) is 23.8 Å². The van der Waals surface area contributed by atoms with E-state index in [9.17, 15) is 9.59 Å². The second-order valence-corrected chi connectivity index (χ2v) is 7.66. The van der Waals surface area contributed by atoms with Crippen molar-refractivity contribution in [3.63, 3.8) is 0 Å². The van der Waals surface area contributed by atoms with Gasteiger partial charge in [-0.25, -0.2) is 4.98 Å². The lowest BCUT2D eigenvalue weighted by atomic mass is 10.2. The summed E-state index contributed by atoms with van der Waals surface area (Å²) in [5, 5.41) is 5.87. The lowest BCUT2D eigenvalue weighted by Crippen LogP contribution is -2.20. The summed E-state index contributed by atoms with van der Waals surface area (Å²) < 4.78 is 10.7. The number of amides is 1. The van der Waals surface area contributed by atoms with Gasteiger partial charge in [0.1, 0.15) is 11.2 Å². The van der Waals surface area contributed by atoms with Crippen molar-refractivity contribution in [2.45, 2.75) is 13.8 Å². The molecule has 2 aromatic rings. The van der Waals surface area contributed by atoms with E-state index in [1.54, 1.807) is 38.5 Å². The smallest absolute Gasteiger partial charge is 0.228 e. The highest BCUT2D eigenvalue weighted by Gasteiger charge is 2.14. The van der Waals surface area contributed by atoms with Crippen LogP contribution in [-0.2, 0) is 9.53 Å². The van der Waals surface area contributed by atoms with E-state index in [4.69, 9.17) is 14.9 Å². The van der Waals surface area contributed by atoms with Crippen molar-refractivity contribution in [2.24, 2.45) is 5.92 Å². The fraction of sp³-hybridized carbons (Fsp3) is 0.250. The largest absolute Gasteiger partial charge is 0.500 e. The van der Waals surface area contributed by atoms with Crippen LogP contribution in [0.25, 0.3) is 18.7 Å². The van der Waals surface area contributed by atoms with Gasteiger partial charge >= 0.3 is 0 Å². The van der Waals surface area contributed by atoms with Gasteiger partial charge in [-0.3, -0.25) is 9.59 Å². The number of halogens is 1. The lowest BCUT2D eigenvalue weighted by Gasteiger charge is -2.02. The summed E-state index contributed by atoms with van der Waals surface area (Å²) in [5.41, 5.74) is 7.08. The first-order valence-corrected chi connectivity index (χ1v) is 10.6. The van der Waals surface area contributed by atoms with E-state index < -0.39 is 5.78 Å². The number of aromatic nitrogens is 1. The number of ether oxygens (including phenoxy) is 1. The van der Waals surface area contributed by atoms with Crippen LogP contribution < -0.4 is 21.7 Å². The number of hydrogen-bond donors (Lipinski definition) is 2. The minimum absolute atomic E-state index is 0.00673. The maximum Gasteiger partial charge on any atom is 0.228 e. The summed E-state index contributed by atoms with van der Waals surface area (Å²) >= 11 is 4.57. The highest BCUT2D eigenvalue weighted by molar-refractivity contribution is 9.09. The van der Waals surface area contributed by atoms with Gasteiger partial charge in [-0.15, -0.1) is 11.3 Å². The molecule has 7 nitrogen and oxygen atoms in total. The Hall–Kier alpha value is -2.65. The lowest BCUT2D eigenvalue weighted by molar-refractivity contribution is -0.118. The zero-order valence-corrected chi connectivity index (χ0v) is 18.7. The van der Waals surface area contributed by atoms with Crippen LogP contribution in [0.1, 0.15) is 30.1 Å². The zero-order valence-electron chi connectivity index (χ0n) is 16.3. The number of thiazole rings is 1. The van der Waals surface area contributed by atoms with Crippen LogP contribution >= 0.6 is 27.3 Å². The number of nitrogens with one attached hydrogen (secondary N) is 1. The summed E-state index contributed by atoms with van der Waals surface area (Å²) in [7, 11) is 1.56. The van der Waals surface area contributed by atoms with Crippen LogP contribution in [0.3, 0.4) is 0 Å². The van der Waals surface area contributed by atoms with E-state index in [-0.39, 0.29) is 23.3 Å². The Morgan fingerprint density at radius 3 is 2.83 bits per heavy atom. The van der Waals surface area contributed by atoms with Crippen LogP contribution in [0.4, 0.5) is 10.8 Å². The second kappa shape index (κ2) is 10.2. The van der Waals surface area contributed by atoms with Crippen molar-refractivity contribution in [1.82, 2.24) is 4.98 Å². The Labute approximate surface area is 180 Å². The number of nitrogens with two attached hydrogens (primary N) is 1. The molecule has 0 aliphatic rings. The average molecular weight is 480 g/mol. The third-order valence-electron chi connectivity index (χ3n) is 3.80. The summed E-state index contributed by atoms with van der Waals surface area (Å²) in [5.74, 6) is 0.00723. The van der Waals surface area contributed by atoms with Crippen molar-refractivity contribution < 1.29 is 18.7 Å². The number of ketones is 1. The summed E-state index contributed by atoms with van der Waals surface area (Å²) in [6.07, 6.45) is 6.19. The molecule has 0 aliphatic carbocycles. The third-order valence-corrected chi connectivity index (χ3v) is 5.13. The zero-order chi connectivity index (χ0) is 21.6. The van der Waals surface area contributed by atoms with Gasteiger partial charge in [-0.1, -0.05) is 36.4 Å². The first kappa shape index (κ1) is 22.6. The van der Waals surface area contributed by atoms with E-state index in [1.807, 2.05) is 0 Å². The molecule has 0 bridgehead atoms. The molecule has 2 heterocycles. The van der Waals surface area contributed by atoms with Gasteiger partial charge in [0.2, 0.25) is 11.7 Å². The van der Waals surface area contributed by atoms with Crippen LogP contribution in [0.2, 0.25) is 0 Å². The minimum Gasteiger partial charge on any atom is -0.500 e. The SMILES string of the molecule is C=c1c(N)c(C(=O)/C=C/c2csc(NC(=O)C(C)C)n2)o/c1=C/C=C(\CBr)OC. The number of allylic oxidation sites excluding steroid dienone is 3. The molecule has 0 aliphatic heterocycles. The maximum absolute atomic E-state index is 12.5. The van der Waals surface area contributed by atoms with E-state index in [0.29, 0.717) is 32.5 Å². The number of methoxy groups -OCH3 is 1. The number of anilines is 2. The normalized spacial score (nSPS) is 12.7. The molecule has 0 saturated carbocycles.